The lowest BCUT2D eigenvalue weighted by atomic mass is 9.96. The summed E-state index contributed by atoms with van der Waals surface area (Å²) in [5.74, 6) is 1.01. The van der Waals surface area contributed by atoms with Gasteiger partial charge in [-0.05, 0) is 46.7 Å². The fourth-order valence-electron chi connectivity index (χ4n) is 3.70. The summed E-state index contributed by atoms with van der Waals surface area (Å²) in [7, 11) is 0. The molecule has 3 aromatic rings. The van der Waals surface area contributed by atoms with E-state index in [0.717, 1.165) is 46.6 Å². The van der Waals surface area contributed by atoms with Gasteiger partial charge in [-0.2, -0.15) is 0 Å². The molecule has 2 unspecified atom stereocenters. The number of nitrogens with two attached hydrogens (primary N) is 1. The van der Waals surface area contributed by atoms with Gasteiger partial charge in [0.15, 0.2) is 0 Å². The summed E-state index contributed by atoms with van der Waals surface area (Å²) in [5.41, 5.74) is 8.90. The van der Waals surface area contributed by atoms with E-state index in [4.69, 9.17) is 5.73 Å². The van der Waals surface area contributed by atoms with Gasteiger partial charge in [-0.1, -0.05) is 24.3 Å². The monoisotopic (exact) mass is 384 g/mol. The number of anilines is 1. The molecule has 122 valence electrons. The second-order valence-corrected chi connectivity index (χ2v) is 7.14. The van der Waals surface area contributed by atoms with Crippen LogP contribution in [0.3, 0.4) is 0 Å². The first kappa shape index (κ1) is 15.3. The Bertz CT molecular complexity index is 903. The van der Waals surface area contributed by atoms with Crippen LogP contribution in [-0.4, -0.2) is 20.8 Å². The van der Waals surface area contributed by atoms with E-state index in [0.29, 0.717) is 17.8 Å². The predicted octanol–water partition coefficient (Wildman–Crippen LogP) is 4.10. The Balaban J connectivity index is 1.63. The number of rotatable bonds is 3. The summed E-state index contributed by atoms with van der Waals surface area (Å²) in [6, 6.07) is 8.32. The van der Waals surface area contributed by atoms with Gasteiger partial charge in [0.1, 0.15) is 24.1 Å². The first-order valence-electron chi connectivity index (χ1n) is 7.99. The average Bonchev–Trinajstić information content (AvgIpc) is 3.21. The van der Waals surface area contributed by atoms with Crippen molar-refractivity contribution in [2.24, 2.45) is 0 Å². The molecule has 0 radical (unpaired) electrons. The molecule has 4 rings (SSSR count). The summed E-state index contributed by atoms with van der Waals surface area (Å²) in [4.78, 5) is 19.3. The Morgan fingerprint density at radius 3 is 2.75 bits per heavy atom. The fraction of sp³-hybridized carbons (Fsp3) is 0.278. The fourth-order valence-corrected chi connectivity index (χ4v) is 4.30. The average molecular weight is 385 g/mol. The van der Waals surface area contributed by atoms with E-state index in [1.807, 2.05) is 12.1 Å². The van der Waals surface area contributed by atoms with Crippen molar-refractivity contribution in [3.8, 4) is 0 Å². The van der Waals surface area contributed by atoms with E-state index in [9.17, 15) is 4.79 Å². The zero-order chi connectivity index (χ0) is 16.7. The van der Waals surface area contributed by atoms with Gasteiger partial charge in [0, 0.05) is 22.3 Å². The molecule has 0 bridgehead atoms. The molecule has 0 amide bonds. The Hall–Kier alpha value is -2.21. The number of aromatic nitrogens is 3. The van der Waals surface area contributed by atoms with Crippen molar-refractivity contribution in [3.63, 3.8) is 0 Å². The lowest BCUT2D eigenvalue weighted by Gasteiger charge is -2.14. The van der Waals surface area contributed by atoms with Crippen LogP contribution in [0, 0.1) is 0 Å². The Labute approximate surface area is 148 Å². The zero-order valence-corrected chi connectivity index (χ0v) is 14.6. The maximum absolute atomic E-state index is 10.8. The van der Waals surface area contributed by atoms with Gasteiger partial charge in [0.2, 0.25) is 0 Å². The summed E-state index contributed by atoms with van der Waals surface area (Å²) in [5, 5.41) is 0.885. The highest BCUT2D eigenvalue weighted by atomic mass is 79.9. The van der Waals surface area contributed by atoms with Gasteiger partial charge in [-0.25, -0.2) is 9.97 Å². The summed E-state index contributed by atoms with van der Waals surface area (Å²) < 4.78 is 3.16. The normalized spacial score (nSPS) is 20.5. The Morgan fingerprint density at radius 2 is 2.00 bits per heavy atom. The first-order valence-corrected chi connectivity index (χ1v) is 8.78. The largest absolute Gasteiger partial charge is 0.383 e. The van der Waals surface area contributed by atoms with Crippen molar-refractivity contribution >= 4 is 39.1 Å². The maximum Gasteiger partial charge on any atom is 0.150 e. The second kappa shape index (κ2) is 6.02. The number of carbonyl (C=O) groups is 1. The smallest absolute Gasteiger partial charge is 0.150 e. The molecule has 5 nitrogen and oxygen atoms in total. The van der Waals surface area contributed by atoms with E-state index in [1.165, 1.54) is 11.9 Å². The molecule has 1 fully saturated rings. The molecular formula is C18H17BrN4O. The third kappa shape index (κ3) is 2.51. The number of nitrogen functional groups attached to an aromatic ring is 1. The summed E-state index contributed by atoms with van der Waals surface area (Å²) in [6.07, 6.45) is 7.75. The summed E-state index contributed by atoms with van der Waals surface area (Å²) in [6.45, 7) is 0. The number of hydrogen-bond acceptors (Lipinski definition) is 4. The molecule has 0 saturated heterocycles. The molecule has 1 aliphatic carbocycles. The lowest BCUT2D eigenvalue weighted by molar-refractivity contribution is 0.112. The van der Waals surface area contributed by atoms with E-state index in [-0.39, 0.29) is 0 Å². The molecule has 2 atom stereocenters. The van der Waals surface area contributed by atoms with Crippen LogP contribution in [-0.2, 0) is 0 Å². The van der Waals surface area contributed by atoms with Crippen LogP contribution < -0.4 is 5.73 Å². The first-order chi connectivity index (χ1) is 11.7. The van der Waals surface area contributed by atoms with Gasteiger partial charge in [-0.3, -0.25) is 4.79 Å². The van der Waals surface area contributed by atoms with Gasteiger partial charge in [-0.15, -0.1) is 0 Å². The van der Waals surface area contributed by atoms with Crippen LogP contribution in [0.5, 0.6) is 0 Å². The van der Waals surface area contributed by atoms with E-state index < -0.39 is 0 Å². The van der Waals surface area contributed by atoms with Gasteiger partial charge in [0.05, 0.1) is 5.39 Å². The number of aldehydes is 1. The van der Waals surface area contributed by atoms with Gasteiger partial charge in [0.25, 0.3) is 0 Å². The Kier molecular flexibility index (Phi) is 3.84. The lowest BCUT2D eigenvalue weighted by Crippen LogP contribution is -2.05. The molecule has 1 aliphatic rings. The molecule has 2 aromatic heterocycles. The van der Waals surface area contributed by atoms with Crippen LogP contribution in [0.25, 0.3) is 11.0 Å². The third-order valence-corrected chi connectivity index (χ3v) is 5.54. The highest BCUT2D eigenvalue weighted by Crippen LogP contribution is 2.43. The van der Waals surface area contributed by atoms with Crippen molar-refractivity contribution in [2.45, 2.75) is 31.2 Å². The van der Waals surface area contributed by atoms with Gasteiger partial charge < -0.3 is 10.3 Å². The number of hydrogen-bond donors (Lipinski definition) is 1. The van der Waals surface area contributed by atoms with Crippen LogP contribution >= 0.6 is 15.9 Å². The minimum absolute atomic E-state index is 0.392. The van der Waals surface area contributed by atoms with Crippen molar-refractivity contribution in [3.05, 3.63) is 52.4 Å². The number of halogens is 1. The Morgan fingerprint density at radius 1 is 1.21 bits per heavy atom. The van der Waals surface area contributed by atoms with Crippen LogP contribution in [0.15, 0.2) is 41.3 Å². The number of carbonyl (C=O) groups excluding carboxylic acids is 1. The van der Waals surface area contributed by atoms with Crippen LogP contribution in [0.1, 0.15) is 47.1 Å². The highest BCUT2D eigenvalue weighted by molar-refractivity contribution is 9.10. The maximum atomic E-state index is 10.8. The molecule has 2 heterocycles. The molecule has 24 heavy (non-hydrogen) atoms. The molecule has 0 aliphatic heterocycles. The van der Waals surface area contributed by atoms with E-state index in [1.54, 1.807) is 0 Å². The topological polar surface area (TPSA) is 73.8 Å². The number of fused-ring (bicyclic) bond motifs is 1. The molecule has 2 N–H and O–H groups in total. The van der Waals surface area contributed by atoms with Gasteiger partial charge >= 0.3 is 0 Å². The molecular weight excluding hydrogens is 368 g/mol. The SMILES string of the molecule is Nc1ncnc2c1c(Br)cn2C1CCC(c2ccc(C=O)cc2)C1. The van der Waals surface area contributed by atoms with Crippen molar-refractivity contribution < 1.29 is 4.79 Å². The van der Waals surface area contributed by atoms with E-state index in [2.05, 4.69) is 48.8 Å². The van der Waals surface area contributed by atoms with Crippen LogP contribution in [0.2, 0.25) is 0 Å². The quantitative estimate of drug-likeness (QED) is 0.689. The number of benzene rings is 1. The van der Waals surface area contributed by atoms with Crippen molar-refractivity contribution in [1.82, 2.24) is 14.5 Å². The molecule has 1 aromatic carbocycles. The molecule has 1 saturated carbocycles. The third-order valence-electron chi connectivity index (χ3n) is 4.93. The van der Waals surface area contributed by atoms with Crippen molar-refractivity contribution in [2.75, 3.05) is 5.73 Å². The minimum Gasteiger partial charge on any atom is -0.383 e. The molecule has 6 heteroatoms. The summed E-state index contributed by atoms with van der Waals surface area (Å²) >= 11 is 3.58. The minimum atomic E-state index is 0.392. The second-order valence-electron chi connectivity index (χ2n) is 6.29. The standard InChI is InChI=1S/C18H17BrN4O/c19-15-8-23(18-16(15)17(20)21-10-22-18)14-6-5-13(7-14)12-3-1-11(9-24)2-4-12/h1-4,8-10,13-14H,5-7H2,(H2,20,21,22). The highest BCUT2D eigenvalue weighted by Gasteiger charge is 2.29. The predicted molar refractivity (Wildman–Crippen MR) is 97.1 cm³/mol. The van der Waals surface area contributed by atoms with Crippen LogP contribution in [0.4, 0.5) is 5.82 Å². The number of nitrogens with zero attached hydrogens (tertiary/aromatic N) is 3. The van der Waals surface area contributed by atoms with E-state index >= 15 is 0 Å². The van der Waals surface area contributed by atoms with Crippen molar-refractivity contribution in [1.29, 1.82) is 0 Å². The zero-order valence-electron chi connectivity index (χ0n) is 13.0. The molecule has 0 spiro atoms.